The van der Waals surface area contributed by atoms with E-state index in [-0.39, 0.29) is 18.0 Å². The lowest BCUT2D eigenvalue weighted by Crippen LogP contribution is -2.08. The number of phenols is 1. The predicted octanol–water partition coefficient (Wildman–Crippen LogP) is 12.3. The molecule has 6 bridgehead atoms. The van der Waals surface area contributed by atoms with Crippen LogP contribution >= 0.6 is 34.8 Å². The van der Waals surface area contributed by atoms with Crippen LogP contribution < -0.4 is 18.9 Å². The molecule has 0 atom stereocenters. The van der Waals surface area contributed by atoms with Crippen molar-refractivity contribution in [1.82, 2.24) is 0 Å². The molecule has 5 nitrogen and oxygen atoms in total. The average molecular weight is 722 g/mol. The highest BCUT2D eigenvalue weighted by atomic mass is 35.5. The first-order valence-corrected chi connectivity index (χ1v) is 17.7. The summed E-state index contributed by atoms with van der Waals surface area (Å²) in [6.45, 7) is 14.0. The highest BCUT2D eigenvalue weighted by Crippen LogP contribution is 2.44. The van der Waals surface area contributed by atoms with E-state index in [0.29, 0.717) is 80.8 Å². The number of fused-ring (bicyclic) bond motifs is 6. The second kappa shape index (κ2) is 15.8. The van der Waals surface area contributed by atoms with Gasteiger partial charge in [0, 0.05) is 22.6 Å². The van der Waals surface area contributed by atoms with Crippen LogP contribution in [0.5, 0.6) is 40.2 Å². The van der Waals surface area contributed by atoms with Gasteiger partial charge in [-0.2, -0.15) is 0 Å². The molecule has 2 heterocycles. The van der Waals surface area contributed by atoms with Crippen LogP contribution in [0, 0.1) is 20.8 Å². The van der Waals surface area contributed by atoms with Gasteiger partial charge in [0.25, 0.3) is 0 Å². The van der Waals surface area contributed by atoms with E-state index in [0.717, 1.165) is 33.4 Å². The lowest BCUT2D eigenvalue weighted by Gasteiger charge is -2.20. The second-order valence-corrected chi connectivity index (χ2v) is 14.3. The van der Waals surface area contributed by atoms with Crippen LogP contribution in [0.1, 0.15) is 66.6 Å². The largest absolute Gasteiger partial charge is 0.508 e. The first-order valence-electron chi connectivity index (χ1n) is 16.5. The maximum atomic E-state index is 10.8. The lowest BCUT2D eigenvalue weighted by molar-refractivity contribution is 0.232. The quantitative estimate of drug-likeness (QED) is 0.213. The highest BCUT2D eigenvalue weighted by Gasteiger charge is 2.20. The Balaban J connectivity index is 1.64. The molecule has 1 N–H and O–H groups in total. The number of allylic oxidation sites excluding steroid dienone is 4. The van der Waals surface area contributed by atoms with Gasteiger partial charge in [-0.3, -0.25) is 0 Å². The van der Waals surface area contributed by atoms with Crippen molar-refractivity contribution in [2.75, 3.05) is 0 Å². The van der Waals surface area contributed by atoms with Gasteiger partial charge in [-0.05, 0) is 132 Å². The van der Waals surface area contributed by atoms with Gasteiger partial charge in [-0.25, -0.2) is 0 Å². The molecule has 49 heavy (non-hydrogen) atoms. The van der Waals surface area contributed by atoms with Gasteiger partial charge in [-0.15, -0.1) is 0 Å². The molecule has 0 aromatic heterocycles. The third kappa shape index (κ3) is 9.08. The summed E-state index contributed by atoms with van der Waals surface area (Å²) in [6.07, 6.45) is 7.94. The van der Waals surface area contributed by atoms with Crippen molar-refractivity contribution in [1.29, 1.82) is 0 Å². The minimum atomic E-state index is -0.0858. The predicted molar refractivity (Wildman–Crippen MR) is 201 cm³/mol. The Morgan fingerprint density at radius 3 is 2.04 bits per heavy atom. The molecule has 2 aliphatic heterocycles. The molecule has 0 radical (unpaired) electrons. The van der Waals surface area contributed by atoms with E-state index in [2.05, 4.69) is 18.2 Å². The summed E-state index contributed by atoms with van der Waals surface area (Å²) in [7, 11) is 0. The lowest BCUT2D eigenvalue weighted by atomic mass is 10.0. The number of ether oxygens (including phenoxy) is 4. The van der Waals surface area contributed by atoms with E-state index >= 15 is 0 Å². The maximum absolute atomic E-state index is 10.8. The van der Waals surface area contributed by atoms with Crippen molar-refractivity contribution in [2.45, 2.75) is 86.4 Å². The van der Waals surface area contributed by atoms with E-state index < -0.39 is 0 Å². The fourth-order valence-electron chi connectivity index (χ4n) is 5.79. The van der Waals surface area contributed by atoms with Crippen LogP contribution in [0.2, 0.25) is 10.0 Å². The number of phenolic OH excluding ortho intramolecular Hbond substituents is 1. The molecule has 0 aliphatic carbocycles. The van der Waals surface area contributed by atoms with Crippen molar-refractivity contribution in [3.05, 3.63) is 121 Å². The third-order valence-electron chi connectivity index (χ3n) is 8.04. The van der Waals surface area contributed by atoms with Crippen LogP contribution in [-0.4, -0.2) is 17.3 Å². The van der Waals surface area contributed by atoms with Gasteiger partial charge in [0.1, 0.15) is 17.2 Å². The van der Waals surface area contributed by atoms with Crippen LogP contribution in [0.3, 0.4) is 0 Å². The summed E-state index contributed by atoms with van der Waals surface area (Å²) < 4.78 is 25.5. The van der Waals surface area contributed by atoms with E-state index in [1.807, 2.05) is 84.9 Å². The molecule has 6 rings (SSSR count). The topological polar surface area (TPSA) is 57.2 Å². The summed E-state index contributed by atoms with van der Waals surface area (Å²) in [6, 6.07) is 15.2. The van der Waals surface area contributed by atoms with Gasteiger partial charge >= 0.3 is 0 Å². The number of aryl methyl sites for hydroxylation is 3. The maximum Gasteiger partial charge on any atom is 0.172 e. The normalized spacial score (nSPS) is 15.3. The number of hydrogen-bond acceptors (Lipinski definition) is 5. The summed E-state index contributed by atoms with van der Waals surface area (Å²) in [5.74, 6) is 3.44. The Hall–Kier alpha value is -3.77. The Kier molecular flexibility index (Phi) is 11.8. The van der Waals surface area contributed by atoms with E-state index in [4.69, 9.17) is 53.8 Å². The average Bonchev–Trinajstić information content (AvgIpc) is 3.00. The summed E-state index contributed by atoms with van der Waals surface area (Å²) in [4.78, 5) is 0. The van der Waals surface area contributed by atoms with Gasteiger partial charge in [-0.1, -0.05) is 65.2 Å². The molecule has 0 saturated carbocycles. The highest BCUT2D eigenvalue weighted by molar-refractivity contribution is 6.33. The first kappa shape index (κ1) is 36.5. The van der Waals surface area contributed by atoms with Crippen molar-refractivity contribution in [2.24, 2.45) is 0 Å². The molecular weight excluding hydrogens is 679 g/mol. The Morgan fingerprint density at radius 1 is 0.694 bits per heavy atom. The molecule has 0 fully saturated rings. The minimum Gasteiger partial charge on any atom is -0.508 e. The zero-order valence-electron chi connectivity index (χ0n) is 29.0. The number of hydrogen-bond donors (Lipinski definition) is 1. The molecule has 4 aromatic rings. The minimum absolute atomic E-state index is 0.0559. The van der Waals surface area contributed by atoms with E-state index in [1.54, 1.807) is 12.1 Å². The monoisotopic (exact) mass is 720 g/mol. The van der Waals surface area contributed by atoms with E-state index in [9.17, 15) is 5.11 Å². The Bertz CT molecular complexity index is 1910. The molecule has 4 aromatic carbocycles. The smallest absolute Gasteiger partial charge is 0.172 e. The molecule has 0 unspecified atom stereocenters. The number of aromatic hydroxyl groups is 1. The van der Waals surface area contributed by atoms with Crippen molar-refractivity contribution in [3.63, 3.8) is 0 Å². The zero-order chi connectivity index (χ0) is 35.4. The van der Waals surface area contributed by atoms with Crippen LogP contribution in [0.15, 0.2) is 71.8 Å². The third-order valence-corrected chi connectivity index (χ3v) is 9.04. The zero-order valence-corrected chi connectivity index (χ0v) is 31.3. The fraction of sp³-hybridized carbons (Fsp3) is 0.317. The first-order chi connectivity index (χ1) is 23.3. The molecule has 0 saturated heterocycles. The molecule has 258 valence electrons. The number of halogens is 3. The molecule has 2 aliphatic rings. The van der Waals surface area contributed by atoms with E-state index in [1.165, 1.54) is 0 Å². The van der Waals surface area contributed by atoms with Gasteiger partial charge in [0.05, 0.1) is 22.3 Å². The summed E-state index contributed by atoms with van der Waals surface area (Å²) in [5, 5.41) is 12.3. The van der Waals surface area contributed by atoms with Crippen LogP contribution in [0.4, 0.5) is 0 Å². The summed E-state index contributed by atoms with van der Waals surface area (Å²) >= 11 is 20.5. The SMILES string of the molecule is Cc1cc2c(c(OC(C)C)c1)Oc1ccc(O)c(c1Cl)C/C=C(/Cl)Cc1cc(C)c(c(OC(C)C)c1)Oc1cc(c(C)cc1Cl)C/C=C\C2. The van der Waals surface area contributed by atoms with Crippen molar-refractivity contribution < 1.29 is 24.1 Å². The summed E-state index contributed by atoms with van der Waals surface area (Å²) in [5.41, 5.74) is 6.48. The van der Waals surface area contributed by atoms with Crippen LogP contribution in [0.25, 0.3) is 0 Å². The Morgan fingerprint density at radius 2 is 1.35 bits per heavy atom. The van der Waals surface area contributed by atoms with Crippen LogP contribution in [-0.2, 0) is 25.7 Å². The molecule has 8 heteroatoms. The molecular formula is C41H43Cl3O5. The molecule has 0 amide bonds. The van der Waals surface area contributed by atoms with Crippen molar-refractivity contribution in [3.8, 4) is 40.2 Å². The molecule has 0 spiro atoms. The van der Waals surface area contributed by atoms with Gasteiger partial charge in [0.15, 0.2) is 23.0 Å². The second-order valence-electron chi connectivity index (χ2n) is 13.0. The van der Waals surface area contributed by atoms with Crippen molar-refractivity contribution >= 4 is 34.8 Å². The Labute approximate surface area is 305 Å². The number of rotatable bonds is 4. The van der Waals surface area contributed by atoms with Gasteiger partial charge in [0.2, 0.25) is 0 Å². The number of benzene rings is 4. The fourth-order valence-corrected chi connectivity index (χ4v) is 6.55. The van der Waals surface area contributed by atoms with Gasteiger partial charge < -0.3 is 24.1 Å². The standard InChI is InChI=1S/C41H43Cl3O5/c1-23(2)46-37-17-25(5)16-30-11-9-8-10-29-22-36(33(43)19-26(29)6)49-40-27(7)18-28(21-38(40)47-24(3)4)20-31(42)12-13-32-34(45)14-15-35(39(32)44)48-41(30)37/h8-9,12,14-19,21-24,45H,10-11,13,20H2,1-7H3/b9-8-,31-12+.